The van der Waals surface area contributed by atoms with Gasteiger partial charge < -0.3 is 9.84 Å². The highest BCUT2D eigenvalue weighted by molar-refractivity contribution is 7.28. The number of hydrogen-bond donors (Lipinski definition) is 1. The van der Waals surface area contributed by atoms with Crippen LogP contribution < -0.4 is 10.0 Å². The molecule has 0 amide bonds. The third-order valence-electron chi connectivity index (χ3n) is 7.11. The molecule has 186 valence electrons. The number of aromatic nitrogens is 1. The highest BCUT2D eigenvalue weighted by Gasteiger charge is 2.32. The zero-order valence-electron chi connectivity index (χ0n) is 21.3. The molecule has 0 saturated heterocycles. The minimum atomic E-state index is 0.259. The van der Waals surface area contributed by atoms with Crippen molar-refractivity contribution in [1.29, 1.82) is 0 Å². The number of benzene rings is 2. The average Bonchev–Trinajstić information content (AvgIpc) is 3.72. The summed E-state index contributed by atoms with van der Waals surface area (Å²) < 4.78 is 6.24. The van der Waals surface area contributed by atoms with Crippen LogP contribution in [-0.4, -0.2) is 10.1 Å². The van der Waals surface area contributed by atoms with Crippen LogP contribution in [0.5, 0.6) is 5.75 Å². The van der Waals surface area contributed by atoms with Gasteiger partial charge in [-0.15, -0.1) is 15.7 Å². The van der Waals surface area contributed by atoms with Gasteiger partial charge in [-0.2, -0.15) is 0 Å². The Morgan fingerprint density at radius 1 is 1.25 bits per heavy atom. The summed E-state index contributed by atoms with van der Waals surface area (Å²) in [6.07, 6.45) is 12.6. The molecule has 3 aromatic rings. The molecular weight excluding hydrogens is 461 g/mol. The molecule has 3 unspecified atom stereocenters. The van der Waals surface area contributed by atoms with Gasteiger partial charge in [-0.1, -0.05) is 63.1 Å². The van der Waals surface area contributed by atoms with Crippen LogP contribution in [0.4, 0.5) is 0 Å². The van der Waals surface area contributed by atoms with Crippen molar-refractivity contribution >= 4 is 14.5 Å². The Labute approximate surface area is 218 Å². The Balaban J connectivity index is 1.57. The summed E-state index contributed by atoms with van der Waals surface area (Å²) in [6, 6.07) is 16.7. The molecule has 2 aromatic carbocycles. The van der Waals surface area contributed by atoms with E-state index in [0.717, 1.165) is 46.3 Å². The van der Waals surface area contributed by atoms with Crippen LogP contribution in [0.15, 0.2) is 67.1 Å². The molecule has 0 radical (unpaired) electrons. The first-order valence-electron chi connectivity index (χ1n) is 12.8. The van der Waals surface area contributed by atoms with E-state index in [-0.39, 0.29) is 5.76 Å². The topological polar surface area (TPSA) is 42.4 Å². The van der Waals surface area contributed by atoms with Gasteiger partial charge in [0, 0.05) is 17.5 Å². The van der Waals surface area contributed by atoms with Crippen LogP contribution in [0.2, 0.25) is 0 Å². The van der Waals surface area contributed by atoms with Gasteiger partial charge in [0.2, 0.25) is 0 Å². The summed E-state index contributed by atoms with van der Waals surface area (Å²) in [7, 11) is 2.80. The highest BCUT2D eigenvalue weighted by atomic mass is 31.0. The van der Waals surface area contributed by atoms with E-state index >= 15 is 0 Å². The number of hydrogen-bond acceptors (Lipinski definition) is 3. The van der Waals surface area contributed by atoms with Gasteiger partial charge in [0.15, 0.2) is 0 Å². The summed E-state index contributed by atoms with van der Waals surface area (Å²) >= 11 is 0. The Morgan fingerprint density at radius 3 is 2.75 bits per heavy atom. The number of ether oxygens (including phenoxy) is 1. The van der Waals surface area contributed by atoms with E-state index in [1.54, 1.807) is 0 Å². The standard InChI is InChI=1S/C32H36NO2P/c1-5-21(3)14-27-18-28(19-33-32(27)30-17-23(6-2)10-13-31(30)36)35-20-24-8-7-9-26(16-24)29(15-22(4)34)25-11-12-25/h2,7-10,13,16-19,21,25,29,34H,4-5,11-12,14-15,20,36H2,1,3H3. The second-order valence-corrected chi connectivity index (χ2v) is 10.7. The van der Waals surface area contributed by atoms with Gasteiger partial charge in [-0.25, -0.2) is 0 Å². The normalized spacial score (nSPS) is 14.6. The Morgan fingerprint density at radius 2 is 2.06 bits per heavy atom. The van der Waals surface area contributed by atoms with Crippen LogP contribution in [-0.2, 0) is 13.0 Å². The lowest BCUT2D eigenvalue weighted by Gasteiger charge is -2.18. The smallest absolute Gasteiger partial charge is 0.138 e. The van der Waals surface area contributed by atoms with Crippen molar-refractivity contribution < 1.29 is 9.84 Å². The summed E-state index contributed by atoms with van der Waals surface area (Å²) in [6.45, 7) is 8.67. The molecule has 0 bridgehead atoms. The van der Waals surface area contributed by atoms with E-state index in [0.29, 0.717) is 30.8 Å². The third-order valence-corrected chi connectivity index (χ3v) is 7.62. The molecule has 1 saturated carbocycles. The van der Waals surface area contributed by atoms with Crippen LogP contribution in [0.1, 0.15) is 67.7 Å². The van der Waals surface area contributed by atoms with Crippen molar-refractivity contribution in [3.8, 4) is 29.4 Å². The van der Waals surface area contributed by atoms with E-state index in [4.69, 9.17) is 16.1 Å². The largest absolute Gasteiger partial charge is 0.513 e. The van der Waals surface area contributed by atoms with Crippen molar-refractivity contribution in [1.82, 2.24) is 4.98 Å². The maximum absolute atomic E-state index is 9.80. The van der Waals surface area contributed by atoms with Crippen LogP contribution >= 0.6 is 9.24 Å². The molecule has 0 aliphatic heterocycles. The molecule has 4 heteroatoms. The third kappa shape index (κ3) is 6.57. The second kappa shape index (κ2) is 11.8. The maximum atomic E-state index is 9.80. The Bertz CT molecular complexity index is 1270. The van der Waals surface area contributed by atoms with Crippen molar-refractivity contribution in [3.05, 3.63) is 89.3 Å². The lowest BCUT2D eigenvalue weighted by Crippen LogP contribution is -2.07. The first-order valence-corrected chi connectivity index (χ1v) is 13.4. The number of aliphatic hydroxyl groups is 1. The van der Waals surface area contributed by atoms with E-state index < -0.39 is 0 Å². The van der Waals surface area contributed by atoms with E-state index in [1.807, 2.05) is 24.4 Å². The van der Waals surface area contributed by atoms with Crippen molar-refractivity contribution in [3.63, 3.8) is 0 Å². The van der Waals surface area contributed by atoms with Crippen LogP contribution in [0, 0.1) is 24.2 Å². The van der Waals surface area contributed by atoms with Gasteiger partial charge in [0.1, 0.15) is 12.4 Å². The van der Waals surface area contributed by atoms with E-state index in [1.165, 1.54) is 24.0 Å². The molecule has 1 heterocycles. The molecule has 1 N–H and O–H groups in total. The highest BCUT2D eigenvalue weighted by Crippen LogP contribution is 2.45. The molecule has 3 atom stereocenters. The quantitative estimate of drug-likeness (QED) is 0.171. The Kier molecular flexibility index (Phi) is 8.50. The fourth-order valence-corrected chi connectivity index (χ4v) is 5.04. The number of rotatable bonds is 11. The van der Waals surface area contributed by atoms with Crippen LogP contribution in [0.3, 0.4) is 0 Å². The SMILES string of the molecule is C#Cc1ccc(P)c(-c2ncc(OCc3cccc(C(CC(=C)O)C4CC4)c3)cc2CC(C)CC)c1. The minimum Gasteiger partial charge on any atom is -0.513 e. The zero-order chi connectivity index (χ0) is 25.7. The number of terminal acetylenes is 1. The predicted octanol–water partition coefficient (Wildman–Crippen LogP) is 7.35. The zero-order valence-corrected chi connectivity index (χ0v) is 22.5. The monoisotopic (exact) mass is 497 g/mol. The van der Waals surface area contributed by atoms with Gasteiger partial charge in [0.05, 0.1) is 17.6 Å². The summed E-state index contributed by atoms with van der Waals surface area (Å²) in [5.41, 5.74) is 6.39. The molecule has 0 spiro atoms. The number of allylic oxidation sites excluding steroid dienone is 1. The molecule has 3 nitrogen and oxygen atoms in total. The maximum Gasteiger partial charge on any atom is 0.138 e. The van der Waals surface area contributed by atoms with Gasteiger partial charge >= 0.3 is 0 Å². The summed E-state index contributed by atoms with van der Waals surface area (Å²) in [5, 5.41) is 10.9. The molecular formula is C32H36NO2P. The number of nitrogens with zero attached hydrogens (tertiary/aromatic N) is 1. The van der Waals surface area contributed by atoms with Gasteiger partial charge in [-0.05, 0) is 77.2 Å². The molecule has 1 aliphatic rings. The van der Waals surface area contributed by atoms with Crippen LogP contribution in [0.25, 0.3) is 11.3 Å². The first-order chi connectivity index (χ1) is 17.4. The van der Waals surface area contributed by atoms with E-state index in [2.05, 4.69) is 65.9 Å². The number of pyridine rings is 1. The average molecular weight is 498 g/mol. The molecule has 1 fully saturated rings. The second-order valence-electron chi connectivity index (χ2n) is 10.1. The molecule has 1 aliphatic carbocycles. The van der Waals surface area contributed by atoms with Gasteiger partial charge in [0.25, 0.3) is 0 Å². The minimum absolute atomic E-state index is 0.259. The van der Waals surface area contributed by atoms with E-state index in [9.17, 15) is 5.11 Å². The van der Waals surface area contributed by atoms with Crippen molar-refractivity contribution in [2.45, 2.75) is 58.5 Å². The molecule has 4 rings (SSSR count). The summed E-state index contributed by atoms with van der Waals surface area (Å²) in [5.74, 6) is 5.26. The lowest BCUT2D eigenvalue weighted by molar-refractivity contribution is 0.304. The van der Waals surface area contributed by atoms with Crippen molar-refractivity contribution in [2.75, 3.05) is 0 Å². The fourth-order valence-electron chi connectivity index (χ4n) is 4.73. The Hall–Kier alpha value is -3.08. The first kappa shape index (κ1) is 26.0. The predicted molar refractivity (Wildman–Crippen MR) is 153 cm³/mol. The summed E-state index contributed by atoms with van der Waals surface area (Å²) in [4.78, 5) is 4.85. The fraction of sp³-hybridized carbons (Fsp3) is 0.344. The molecule has 36 heavy (non-hydrogen) atoms. The van der Waals surface area contributed by atoms with Crippen molar-refractivity contribution in [2.24, 2.45) is 11.8 Å². The molecule has 1 aromatic heterocycles. The van der Waals surface area contributed by atoms with Gasteiger partial charge in [-0.3, -0.25) is 4.98 Å². The lowest BCUT2D eigenvalue weighted by atomic mass is 9.89. The number of aliphatic hydroxyl groups excluding tert-OH is 1.